The van der Waals surface area contributed by atoms with Crippen LogP contribution in [0.3, 0.4) is 0 Å². The van der Waals surface area contributed by atoms with Crippen molar-refractivity contribution in [1.82, 2.24) is 14.8 Å². The van der Waals surface area contributed by atoms with Gasteiger partial charge in [-0.15, -0.1) is 11.3 Å². The van der Waals surface area contributed by atoms with Crippen molar-refractivity contribution in [2.24, 2.45) is 0 Å². The first-order valence-electron chi connectivity index (χ1n) is 8.68. The molecule has 0 radical (unpaired) electrons. The van der Waals surface area contributed by atoms with Crippen LogP contribution < -0.4 is 10.1 Å². The van der Waals surface area contributed by atoms with Gasteiger partial charge in [0.15, 0.2) is 17.6 Å². The first-order valence-corrected chi connectivity index (χ1v) is 9.56. The first-order chi connectivity index (χ1) is 13.5. The number of ether oxygens (including phenoxy) is 2. The molecule has 0 aliphatic carbocycles. The third kappa shape index (κ3) is 5.17. The van der Waals surface area contributed by atoms with Crippen LogP contribution in [0.4, 0.5) is 5.13 Å². The molecule has 0 spiro atoms. The number of thiazole rings is 1. The number of hydrogen-bond donors (Lipinski definition) is 1. The number of amides is 1. The molecule has 0 aliphatic rings. The van der Waals surface area contributed by atoms with Gasteiger partial charge in [-0.25, -0.2) is 9.67 Å². The topological polar surface area (TPSA) is 95.3 Å². The van der Waals surface area contributed by atoms with E-state index in [2.05, 4.69) is 15.4 Å². The van der Waals surface area contributed by atoms with Gasteiger partial charge in [-0.2, -0.15) is 5.10 Å². The number of carbonyl (C=O) groups is 2. The molecule has 1 aromatic carbocycles. The molecule has 146 valence electrons. The lowest BCUT2D eigenvalue weighted by atomic mass is 10.2. The maximum atomic E-state index is 12.3. The summed E-state index contributed by atoms with van der Waals surface area (Å²) in [4.78, 5) is 28.0. The molecule has 0 bridgehead atoms. The van der Waals surface area contributed by atoms with Crippen molar-refractivity contribution in [2.45, 2.75) is 27.0 Å². The highest BCUT2D eigenvalue weighted by atomic mass is 32.1. The molecule has 0 saturated heterocycles. The number of para-hydroxylation sites is 1. The van der Waals surface area contributed by atoms with E-state index in [4.69, 9.17) is 9.47 Å². The predicted molar refractivity (Wildman–Crippen MR) is 104 cm³/mol. The molecule has 1 amide bonds. The SMILES string of the molecule is CCOC(=O)Cc1csc(NC(=O)c2ccn(COc3ccccc3C)n2)n1. The molecule has 2 aromatic heterocycles. The minimum absolute atomic E-state index is 0.0745. The Balaban J connectivity index is 1.55. The normalized spacial score (nSPS) is 10.5. The largest absolute Gasteiger partial charge is 0.471 e. The Kier molecular flexibility index (Phi) is 6.38. The van der Waals surface area contributed by atoms with Gasteiger partial charge in [0.05, 0.1) is 18.7 Å². The van der Waals surface area contributed by atoms with Crippen LogP contribution in [0.1, 0.15) is 28.7 Å². The van der Waals surface area contributed by atoms with Crippen LogP contribution in [0, 0.1) is 6.92 Å². The van der Waals surface area contributed by atoms with Crippen LogP contribution in [0.25, 0.3) is 0 Å². The molecule has 28 heavy (non-hydrogen) atoms. The molecule has 0 aliphatic heterocycles. The van der Waals surface area contributed by atoms with E-state index >= 15 is 0 Å². The van der Waals surface area contributed by atoms with Gasteiger partial charge in [0.2, 0.25) is 0 Å². The monoisotopic (exact) mass is 400 g/mol. The molecule has 0 saturated carbocycles. The van der Waals surface area contributed by atoms with Crippen LogP contribution >= 0.6 is 11.3 Å². The second-order valence-corrected chi connectivity index (χ2v) is 6.72. The standard InChI is InChI=1S/C19H20N4O4S/c1-3-26-17(24)10-14-11-28-19(20-14)21-18(25)15-8-9-23(22-15)12-27-16-7-5-4-6-13(16)2/h4-9,11H,3,10,12H2,1-2H3,(H,20,21,25). The summed E-state index contributed by atoms with van der Waals surface area (Å²) in [5, 5.41) is 9.00. The molecule has 3 aromatic rings. The van der Waals surface area contributed by atoms with Crippen molar-refractivity contribution in [2.75, 3.05) is 11.9 Å². The smallest absolute Gasteiger partial charge is 0.311 e. The van der Waals surface area contributed by atoms with Crippen LogP contribution in [0.5, 0.6) is 5.75 Å². The summed E-state index contributed by atoms with van der Waals surface area (Å²) in [6.07, 6.45) is 1.74. The fourth-order valence-electron chi connectivity index (χ4n) is 2.38. The molecule has 3 rings (SSSR count). The summed E-state index contributed by atoms with van der Waals surface area (Å²) >= 11 is 1.24. The van der Waals surface area contributed by atoms with Crippen molar-refractivity contribution < 1.29 is 19.1 Å². The predicted octanol–water partition coefficient (Wildman–Crippen LogP) is 3.04. The molecule has 9 heteroatoms. The van der Waals surface area contributed by atoms with Crippen LogP contribution in [-0.2, 0) is 22.7 Å². The van der Waals surface area contributed by atoms with E-state index in [1.165, 1.54) is 16.0 Å². The van der Waals surface area contributed by atoms with Gasteiger partial charge in [0.25, 0.3) is 5.91 Å². The van der Waals surface area contributed by atoms with Gasteiger partial charge < -0.3 is 9.47 Å². The van der Waals surface area contributed by atoms with Gasteiger partial charge in [0, 0.05) is 11.6 Å². The van der Waals surface area contributed by atoms with E-state index in [1.54, 1.807) is 24.6 Å². The Morgan fingerprint density at radius 1 is 1.25 bits per heavy atom. The molecule has 0 atom stereocenters. The van der Waals surface area contributed by atoms with Gasteiger partial charge in [0.1, 0.15) is 5.75 Å². The highest BCUT2D eigenvalue weighted by Crippen LogP contribution is 2.18. The number of esters is 1. The average Bonchev–Trinajstić information content (AvgIpc) is 3.31. The third-order valence-electron chi connectivity index (χ3n) is 3.72. The van der Waals surface area contributed by atoms with E-state index in [0.29, 0.717) is 17.4 Å². The zero-order valence-corrected chi connectivity index (χ0v) is 16.4. The molecule has 1 N–H and O–H groups in total. The van der Waals surface area contributed by atoms with Crippen molar-refractivity contribution in [3.63, 3.8) is 0 Å². The Morgan fingerprint density at radius 2 is 2.07 bits per heavy atom. The molecular formula is C19H20N4O4S. The van der Waals surface area contributed by atoms with Crippen molar-refractivity contribution >= 4 is 28.3 Å². The van der Waals surface area contributed by atoms with Gasteiger partial charge in [-0.3, -0.25) is 14.9 Å². The van der Waals surface area contributed by atoms with Crippen molar-refractivity contribution in [3.05, 3.63) is 58.9 Å². The third-order valence-corrected chi connectivity index (χ3v) is 4.53. The van der Waals surface area contributed by atoms with E-state index in [-0.39, 0.29) is 30.7 Å². The van der Waals surface area contributed by atoms with Gasteiger partial charge in [-0.05, 0) is 31.5 Å². The molecule has 8 nitrogen and oxygen atoms in total. The molecule has 0 unspecified atom stereocenters. The number of anilines is 1. The highest BCUT2D eigenvalue weighted by molar-refractivity contribution is 7.14. The van der Waals surface area contributed by atoms with E-state index in [9.17, 15) is 9.59 Å². The summed E-state index contributed by atoms with van der Waals surface area (Å²) in [6.45, 7) is 4.22. The highest BCUT2D eigenvalue weighted by Gasteiger charge is 2.14. The summed E-state index contributed by atoms with van der Waals surface area (Å²) in [5.41, 5.74) is 1.82. The molecular weight excluding hydrogens is 380 g/mol. The fraction of sp³-hybridized carbons (Fsp3) is 0.263. The van der Waals surface area contributed by atoms with Crippen molar-refractivity contribution in [3.8, 4) is 5.75 Å². The van der Waals surface area contributed by atoms with Crippen LogP contribution in [0.2, 0.25) is 0 Å². The average molecular weight is 400 g/mol. The molecule has 2 heterocycles. The van der Waals surface area contributed by atoms with E-state index in [0.717, 1.165) is 11.3 Å². The number of benzene rings is 1. The minimum Gasteiger partial charge on any atom is -0.471 e. The second-order valence-electron chi connectivity index (χ2n) is 5.86. The number of nitrogens with zero attached hydrogens (tertiary/aromatic N) is 3. The van der Waals surface area contributed by atoms with E-state index < -0.39 is 0 Å². The van der Waals surface area contributed by atoms with E-state index in [1.807, 2.05) is 31.2 Å². The van der Waals surface area contributed by atoms with Crippen molar-refractivity contribution in [1.29, 1.82) is 0 Å². The Bertz CT molecular complexity index is 966. The summed E-state index contributed by atoms with van der Waals surface area (Å²) in [7, 11) is 0. The lowest BCUT2D eigenvalue weighted by Crippen LogP contribution is -2.14. The van der Waals surface area contributed by atoms with Crippen LogP contribution in [0.15, 0.2) is 41.9 Å². The Morgan fingerprint density at radius 3 is 2.86 bits per heavy atom. The Labute approximate surface area is 166 Å². The minimum atomic E-state index is -0.383. The zero-order valence-electron chi connectivity index (χ0n) is 15.5. The second kappa shape index (κ2) is 9.14. The van der Waals surface area contributed by atoms with Crippen LogP contribution in [-0.4, -0.2) is 33.2 Å². The van der Waals surface area contributed by atoms with Gasteiger partial charge >= 0.3 is 5.97 Å². The zero-order chi connectivity index (χ0) is 19.9. The summed E-state index contributed by atoms with van der Waals surface area (Å²) in [6, 6.07) is 9.28. The first kappa shape index (κ1) is 19.6. The molecule has 0 fully saturated rings. The maximum Gasteiger partial charge on any atom is 0.311 e. The summed E-state index contributed by atoms with van der Waals surface area (Å²) < 4.78 is 12.1. The summed E-state index contributed by atoms with van der Waals surface area (Å²) in [5.74, 6) is 0.0330. The number of hydrogen-bond acceptors (Lipinski definition) is 7. The fourth-order valence-corrected chi connectivity index (χ4v) is 3.08. The number of rotatable bonds is 8. The lowest BCUT2D eigenvalue weighted by Gasteiger charge is -2.08. The van der Waals surface area contributed by atoms with Gasteiger partial charge in [-0.1, -0.05) is 18.2 Å². The maximum absolute atomic E-state index is 12.3. The number of aryl methyl sites for hydroxylation is 1. The quantitative estimate of drug-likeness (QED) is 0.584. The number of aromatic nitrogens is 3. The number of nitrogens with one attached hydrogen (secondary N) is 1. The lowest BCUT2D eigenvalue weighted by molar-refractivity contribution is -0.142. The Hall–Kier alpha value is -3.20. The number of carbonyl (C=O) groups excluding carboxylic acids is 2.